The van der Waals surface area contributed by atoms with Crippen LogP contribution in [0.5, 0.6) is 0 Å². The predicted molar refractivity (Wildman–Crippen MR) is 134 cm³/mol. The predicted octanol–water partition coefficient (Wildman–Crippen LogP) is 5.84. The van der Waals surface area contributed by atoms with Gasteiger partial charge in [0.15, 0.2) is 0 Å². The number of para-hydroxylation sites is 2. The summed E-state index contributed by atoms with van der Waals surface area (Å²) in [6, 6.07) is 27.8. The molecular weight excluding hydrogens is 380 g/mol. The lowest BCUT2D eigenvalue weighted by atomic mass is 9.98. The standard InChI is InChI=1S/C27H30N4/c1-29(2)23-18-15-21(16-19-23)14-17-22-20-27(25-12-8-9-13-26(25)30(3)4)31(28-22)24-10-6-5-7-11-24/h5-19,27H,20H2,1-4H3. The van der Waals surface area contributed by atoms with Crippen molar-refractivity contribution in [3.05, 3.63) is 96.1 Å². The zero-order valence-corrected chi connectivity index (χ0v) is 18.7. The number of benzene rings is 3. The van der Waals surface area contributed by atoms with Crippen molar-refractivity contribution < 1.29 is 0 Å². The van der Waals surface area contributed by atoms with Crippen molar-refractivity contribution in [2.24, 2.45) is 5.10 Å². The number of hydrogen-bond acceptors (Lipinski definition) is 4. The van der Waals surface area contributed by atoms with Crippen LogP contribution in [0, 0.1) is 0 Å². The van der Waals surface area contributed by atoms with Gasteiger partial charge >= 0.3 is 0 Å². The van der Waals surface area contributed by atoms with E-state index in [1.807, 2.05) is 6.07 Å². The molecule has 4 heteroatoms. The first-order valence-corrected chi connectivity index (χ1v) is 10.7. The fourth-order valence-corrected chi connectivity index (χ4v) is 3.95. The molecule has 4 rings (SSSR count). The summed E-state index contributed by atoms with van der Waals surface area (Å²) in [5, 5.41) is 7.18. The van der Waals surface area contributed by atoms with Crippen molar-refractivity contribution in [1.29, 1.82) is 0 Å². The fourth-order valence-electron chi connectivity index (χ4n) is 3.95. The molecule has 0 fully saturated rings. The molecule has 0 spiro atoms. The van der Waals surface area contributed by atoms with Gasteiger partial charge in [-0.25, -0.2) is 0 Å². The lowest BCUT2D eigenvalue weighted by Crippen LogP contribution is -2.21. The van der Waals surface area contributed by atoms with Crippen LogP contribution in [0.15, 0.2) is 90.0 Å². The first-order valence-electron chi connectivity index (χ1n) is 10.7. The average molecular weight is 411 g/mol. The van der Waals surface area contributed by atoms with Crippen LogP contribution < -0.4 is 14.8 Å². The highest BCUT2D eigenvalue weighted by atomic mass is 15.5. The van der Waals surface area contributed by atoms with Gasteiger partial charge in [0.25, 0.3) is 0 Å². The third-order valence-corrected chi connectivity index (χ3v) is 5.61. The summed E-state index contributed by atoms with van der Waals surface area (Å²) < 4.78 is 0. The van der Waals surface area contributed by atoms with Crippen LogP contribution in [0.4, 0.5) is 17.1 Å². The Hall–Kier alpha value is -3.53. The molecule has 0 aromatic heterocycles. The molecule has 0 N–H and O–H groups in total. The van der Waals surface area contributed by atoms with Gasteiger partial charge < -0.3 is 9.80 Å². The maximum atomic E-state index is 5.01. The summed E-state index contributed by atoms with van der Waals surface area (Å²) in [5.74, 6) is 0. The molecule has 4 nitrogen and oxygen atoms in total. The van der Waals surface area contributed by atoms with Crippen molar-refractivity contribution in [2.75, 3.05) is 43.0 Å². The smallest absolute Gasteiger partial charge is 0.0851 e. The van der Waals surface area contributed by atoms with E-state index in [2.05, 4.69) is 128 Å². The lowest BCUT2D eigenvalue weighted by molar-refractivity contribution is 0.707. The van der Waals surface area contributed by atoms with Crippen LogP contribution in [0.2, 0.25) is 0 Å². The summed E-state index contributed by atoms with van der Waals surface area (Å²) in [7, 11) is 8.31. The van der Waals surface area contributed by atoms with E-state index in [4.69, 9.17) is 5.10 Å². The average Bonchev–Trinajstić information content (AvgIpc) is 3.23. The number of allylic oxidation sites excluding steroid dienone is 1. The minimum atomic E-state index is 0.164. The molecular formula is C27H30N4. The van der Waals surface area contributed by atoms with E-state index in [9.17, 15) is 0 Å². The number of hydrogen-bond donors (Lipinski definition) is 0. The second kappa shape index (κ2) is 9.09. The van der Waals surface area contributed by atoms with Crippen LogP contribution >= 0.6 is 0 Å². The molecule has 0 saturated heterocycles. The second-order valence-corrected chi connectivity index (χ2v) is 8.26. The molecule has 0 aliphatic carbocycles. The van der Waals surface area contributed by atoms with Crippen LogP contribution in [-0.4, -0.2) is 33.9 Å². The number of rotatable bonds is 6. The molecule has 1 atom stereocenters. The highest BCUT2D eigenvalue weighted by Gasteiger charge is 2.30. The second-order valence-electron chi connectivity index (χ2n) is 8.26. The Morgan fingerprint density at radius 1 is 0.774 bits per heavy atom. The summed E-state index contributed by atoms with van der Waals surface area (Å²) in [6.07, 6.45) is 5.17. The van der Waals surface area contributed by atoms with E-state index in [0.29, 0.717) is 0 Å². The van der Waals surface area contributed by atoms with E-state index >= 15 is 0 Å². The number of nitrogens with zero attached hydrogens (tertiary/aromatic N) is 4. The highest BCUT2D eigenvalue weighted by Crippen LogP contribution is 2.39. The van der Waals surface area contributed by atoms with Crippen molar-refractivity contribution in [3.8, 4) is 0 Å². The molecule has 0 radical (unpaired) electrons. The van der Waals surface area contributed by atoms with Gasteiger partial charge in [-0.2, -0.15) is 5.10 Å². The van der Waals surface area contributed by atoms with Crippen LogP contribution in [0.25, 0.3) is 6.08 Å². The first kappa shape index (κ1) is 20.7. The number of anilines is 3. The monoisotopic (exact) mass is 410 g/mol. The van der Waals surface area contributed by atoms with Crippen LogP contribution in [0.3, 0.4) is 0 Å². The Kier molecular flexibility index (Phi) is 6.08. The van der Waals surface area contributed by atoms with E-state index in [1.165, 1.54) is 22.5 Å². The Balaban J connectivity index is 1.64. The molecule has 158 valence electrons. The van der Waals surface area contributed by atoms with Gasteiger partial charge in [-0.3, -0.25) is 5.01 Å². The quantitative estimate of drug-likeness (QED) is 0.510. The Labute approximate surface area is 185 Å². The van der Waals surface area contributed by atoms with Crippen molar-refractivity contribution in [3.63, 3.8) is 0 Å². The summed E-state index contributed by atoms with van der Waals surface area (Å²) >= 11 is 0. The van der Waals surface area contributed by atoms with Gasteiger partial charge in [0.05, 0.1) is 17.4 Å². The molecule has 3 aromatic carbocycles. The fraction of sp³-hybridized carbons (Fsp3) is 0.222. The Morgan fingerprint density at radius 3 is 2.13 bits per heavy atom. The molecule has 31 heavy (non-hydrogen) atoms. The van der Waals surface area contributed by atoms with Gasteiger partial charge in [-0.1, -0.05) is 54.6 Å². The van der Waals surface area contributed by atoms with Gasteiger partial charge in [-0.15, -0.1) is 0 Å². The van der Waals surface area contributed by atoms with Gasteiger partial charge in [-0.05, 0) is 42.0 Å². The van der Waals surface area contributed by atoms with Crippen LogP contribution in [0.1, 0.15) is 23.6 Å². The summed E-state index contributed by atoms with van der Waals surface area (Å²) in [6.45, 7) is 0. The van der Waals surface area contributed by atoms with Gasteiger partial charge in [0, 0.05) is 51.5 Å². The third kappa shape index (κ3) is 4.64. The molecule has 1 aliphatic rings. The molecule has 1 heterocycles. The maximum absolute atomic E-state index is 5.01. The van der Waals surface area contributed by atoms with Crippen molar-refractivity contribution in [1.82, 2.24) is 0 Å². The van der Waals surface area contributed by atoms with Gasteiger partial charge in [0.1, 0.15) is 0 Å². The molecule has 0 amide bonds. The Morgan fingerprint density at radius 2 is 1.45 bits per heavy atom. The van der Waals surface area contributed by atoms with Crippen molar-refractivity contribution in [2.45, 2.75) is 12.5 Å². The minimum Gasteiger partial charge on any atom is -0.378 e. The normalized spacial score (nSPS) is 15.9. The van der Waals surface area contributed by atoms with E-state index in [0.717, 1.165) is 17.8 Å². The molecule has 0 bridgehead atoms. The minimum absolute atomic E-state index is 0.164. The zero-order valence-electron chi connectivity index (χ0n) is 18.7. The molecule has 0 saturated carbocycles. The highest BCUT2D eigenvalue weighted by molar-refractivity contribution is 6.01. The lowest BCUT2D eigenvalue weighted by Gasteiger charge is -2.27. The SMILES string of the molecule is CN(C)c1ccc(C=CC2=NN(c3ccccc3)C(c3ccccc3N(C)C)C2)cc1. The molecule has 1 aliphatic heterocycles. The van der Waals surface area contributed by atoms with Gasteiger partial charge in [0.2, 0.25) is 0 Å². The summed E-state index contributed by atoms with van der Waals surface area (Å²) in [5.41, 5.74) is 7.09. The zero-order chi connectivity index (χ0) is 21.8. The van der Waals surface area contributed by atoms with E-state index < -0.39 is 0 Å². The molecule has 3 aromatic rings. The topological polar surface area (TPSA) is 22.1 Å². The maximum Gasteiger partial charge on any atom is 0.0851 e. The van der Waals surface area contributed by atoms with Crippen molar-refractivity contribution >= 4 is 28.8 Å². The third-order valence-electron chi connectivity index (χ3n) is 5.61. The largest absolute Gasteiger partial charge is 0.378 e. The first-order chi connectivity index (χ1) is 15.0. The van der Waals surface area contributed by atoms with E-state index in [1.54, 1.807) is 0 Å². The molecule has 1 unspecified atom stereocenters. The number of hydrazone groups is 1. The Bertz CT molecular complexity index is 1070. The van der Waals surface area contributed by atoms with E-state index in [-0.39, 0.29) is 6.04 Å². The summed E-state index contributed by atoms with van der Waals surface area (Å²) in [4.78, 5) is 4.29. The van der Waals surface area contributed by atoms with Crippen LogP contribution in [-0.2, 0) is 0 Å².